The molecule has 30 heavy (non-hydrogen) atoms. The summed E-state index contributed by atoms with van der Waals surface area (Å²) in [7, 11) is 0. The van der Waals surface area contributed by atoms with E-state index in [2.05, 4.69) is 38.1 Å². The monoisotopic (exact) mass is 410 g/mol. The van der Waals surface area contributed by atoms with Gasteiger partial charge in [0.2, 0.25) is 0 Å². The average molecular weight is 411 g/mol. The lowest BCUT2D eigenvalue weighted by molar-refractivity contribution is 0.197. The first-order valence-electron chi connectivity index (χ1n) is 13.9. The van der Waals surface area contributed by atoms with Gasteiger partial charge in [-0.2, -0.15) is 0 Å². The summed E-state index contributed by atoms with van der Waals surface area (Å²) in [5.41, 5.74) is 3.15. The van der Waals surface area contributed by atoms with Crippen molar-refractivity contribution in [3.8, 4) is 0 Å². The molecule has 0 heterocycles. The van der Waals surface area contributed by atoms with E-state index >= 15 is 0 Å². The molecule has 0 nitrogen and oxygen atoms in total. The Morgan fingerprint density at radius 3 is 1.97 bits per heavy atom. The highest BCUT2D eigenvalue weighted by molar-refractivity contribution is 5.23. The maximum absolute atomic E-state index is 2.47. The van der Waals surface area contributed by atoms with Gasteiger partial charge in [0.15, 0.2) is 0 Å². The quantitative estimate of drug-likeness (QED) is 0.301. The molecule has 2 saturated carbocycles. The first-order chi connectivity index (χ1) is 14.8. The summed E-state index contributed by atoms with van der Waals surface area (Å²) in [4.78, 5) is 0. The van der Waals surface area contributed by atoms with Gasteiger partial charge in [-0.15, -0.1) is 0 Å². The molecule has 0 radical (unpaired) electrons. The first kappa shape index (κ1) is 23.9. The maximum atomic E-state index is 2.47. The minimum Gasteiger partial charge on any atom is -0.0654 e. The lowest BCUT2D eigenvalue weighted by Crippen LogP contribution is -2.22. The van der Waals surface area contributed by atoms with E-state index in [1.165, 1.54) is 116 Å². The molecular weight excluding hydrogens is 360 g/mol. The topological polar surface area (TPSA) is 0 Å². The summed E-state index contributed by atoms with van der Waals surface area (Å²) in [6.45, 7) is 4.66. The summed E-state index contributed by atoms with van der Waals surface area (Å²) in [6.07, 6.45) is 26.0. The van der Waals surface area contributed by atoms with Gasteiger partial charge in [-0.25, -0.2) is 0 Å². The number of aryl methyl sites for hydroxylation is 1. The third kappa shape index (κ3) is 8.05. The number of benzene rings is 1. The normalized spacial score (nSPS) is 24.1. The van der Waals surface area contributed by atoms with E-state index in [-0.39, 0.29) is 0 Å². The van der Waals surface area contributed by atoms with Crippen molar-refractivity contribution in [2.45, 2.75) is 129 Å². The van der Waals surface area contributed by atoms with E-state index in [4.69, 9.17) is 0 Å². The second-order valence-electron chi connectivity index (χ2n) is 10.9. The zero-order valence-corrected chi connectivity index (χ0v) is 20.3. The van der Waals surface area contributed by atoms with Gasteiger partial charge in [-0.05, 0) is 60.5 Å². The van der Waals surface area contributed by atoms with Gasteiger partial charge in [0.25, 0.3) is 0 Å². The first-order valence-corrected chi connectivity index (χ1v) is 13.9. The van der Waals surface area contributed by atoms with Crippen molar-refractivity contribution in [3.05, 3.63) is 35.4 Å². The number of unbranched alkanes of at least 4 members (excludes halogenated alkanes) is 2. The Morgan fingerprint density at radius 1 is 0.700 bits per heavy atom. The maximum Gasteiger partial charge on any atom is -0.0248 e. The second kappa shape index (κ2) is 13.6. The van der Waals surface area contributed by atoms with Gasteiger partial charge in [-0.1, -0.05) is 128 Å². The van der Waals surface area contributed by atoms with Crippen LogP contribution in [-0.4, -0.2) is 0 Å². The fourth-order valence-electron chi connectivity index (χ4n) is 6.50. The van der Waals surface area contributed by atoms with Crippen LogP contribution >= 0.6 is 0 Å². The fourth-order valence-corrected chi connectivity index (χ4v) is 6.50. The average Bonchev–Trinajstić information content (AvgIpc) is 2.79. The van der Waals surface area contributed by atoms with Crippen molar-refractivity contribution in [3.63, 3.8) is 0 Å². The SMILES string of the molecule is CCCCCc1ccc(CC(CCC2CCC(CCC)CC2)C2CCCCC2)cc1. The van der Waals surface area contributed by atoms with Crippen molar-refractivity contribution in [1.29, 1.82) is 0 Å². The number of rotatable bonds is 12. The molecule has 3 rings (SSSR count). The third-order valence-electron chi connectivity index (χ3n) is 8.52. The number of hydrogen-bond donors (Lipinski definition) is 0. The van der Waals surface area contributed by atoms with Crippen LogP contribution in [0.1, 0.15) is 128 Å². The highest BCUT2D eigenvalue weighted by Crippen LogP contribution is 2.38. The lowest BCUT2D eigenvalue weighted by Gasteiger charge is -2.33. The standard InChI is InChI=1S/C30H50/c1-3-5-7-11-26-18-20-28(21-19-26)24-30(29-12-8-6-9-13-29)23-22-27-16-14-25(10-4-2)15-17-27/h18-21,25,27,29-30H,3-17,22-24H2,1-2H3. The van der Waals surface area contributed by atoms with Gasteiger partial charge in [0.05, 0.1) is 0 Å². The third-order valence-corrected chi connectivity index (χ3v) is 8.52. The molecule has 2 aliphatic carbocycles. The molecule has 0 aromatic heterocycles. The molecule has 0 spiro atoms. The van der Waals surface area contributed by atoms with Crippen LogP contribution in [0.15, 0.2) is 24.3 Å². The Labute approximate surface area is 188 Å². The van der Waals surface area contributed by atoms with Crippen LogP contribution < -0.4 is 0 Å². The van der Waals surface area contributed by atoms with Gasteiger partial charge in [-0.3, -0.25) is 0 Å². The van der Waals surface area contributed by atoms with Crippen molar-refractivity contribution >= 4 is 0 Å². The summed E-state index contributed by atoms with van der Waals surface area (Å²) in [5, 5.41) is 0. The Balaban J connectivity index is 1.51. The van der Waals surface area contributed by atoms with E-state index in [1.807, 2.05) is 0 Å². The summed E-state index contributed by atoms with van der Waals surface area (Å²) >= 11 is 0. The van der Waals surface area contributed by atoms with E-state index < -0.39 is 0 Å². The van der Waals surface area contributed by atoms with Crippen LogP contribution in [0.2, 0.25) is 0 Å². The molecule has 1 aromatic carbocycles. The minimum atomic E-state index is 0.935. The predicted octanol–water partition coefficient (Wildman–Crippen LogP) is 9.54. The van der Waals surface area contributed by atoms with Crippen molar-refractivity contribution < 1.29 is 0 Å². The second-order valence-corrected chi connectivity index (χ2v) is 10.9. The molecule has 2 aliphatic rings. The molecule has 1 unspecified atom stereocenters. The summed E-state index contributed by atoms with van der Waals surface area (Å²) < 4.78 is 0. The Kier molecular flexibility index (Phi) is 10.8. The molecular formula is C30H50. The Hall–Kier alpha value is -0.780. The highest BCUT2D eigenvalue weighted by atomic mass is 14.3. The summed E-state index contributed by atoms with van der Waals surface area (Å²) in [6, 6.07) is 9.79. The summed E-state index contributed by atoms with van der Waals surface area (Å²) in [5.74, 6) is 4.02. The molecule has 0 bridgehead atoms. The van der Waals surface area contributed by atoms with Crippen molar-refractivity contribution in [1.82, 2.24) is 0 Å². The zero-order valence-electron chi connectivity index (χ0n) is 20.3. The van der Waals surface area contributed by atoms with E-state index in [0.717, 1.165) is 23.7 Å². The molecule has 0 heteroatoms. The molecule has 0 saturated heterocycles. The van der Waals surface area contributed by atoms with Crippen LogP contribution in [0.4, 0.5) is 0 Å². The molecule has 170 valence electrons. The van der Waals surface area contributed by atoms with Crippen LogP contribution in [0.25, 0.3) is 0 Å². The van der Waals surface area contributed by atoms with Crippen LogP contribution in [0.3, 0.4) is 0 Å². The van der Waals surface area contributed by atoms with E-state index in [9.17, 15) is 0 Å². The number of hydrogen-bond acceptors (Lipinski definition) is 0. The zero-order chi connectivity index (χ0) is 21.0. The van der Waals surface area contributed by atoms with Crippen molar-refractivity contribution in [2.24, 2.45) is 23.7 Å². The van der Waals surface area contributed by atoms with Gasteiger partial charge < -0.3 is 0 Å². The smallest absolute Gasteiger partial charge is 0.0248 e. The molecule has 1 aromatic rings. The molecule has 2 fully saturated rings. The molecule has 0 N–H and O–H groups in total. The van der Waals surface area contributed by atoms with Crippen LogP contribution in [0.5, 0.6) is 0 Å². The van der Waals surface area contributed by atoms with Gasteiger partial charge in [0.1, 0.15) is 0 Å². The molecule has 0 amide bonds. The minimum absolute atomic E-state index is 0.935. The predicted molar refractivity (Wildman–Crippen MR) is 133 cm³/mol. The van der Waals surface area contributed by atoms with Gasteiger partial charge >= 0.3 is 0 Å². The molecule has 1 atom stereocenters. The highest BCUT2D eigenvalue weighted by Gasteiger charge is 2.26. The lowest BCUT2D eigenvalue weighted by atomic mass is 9.72. The largest absolute Gasteiger partial charge is 0.0654 e. The van der Waals surface area contributed by atoms with Crippen LogP contribution in [-0.2, 0) is 12.8 Å². The molecule has 0 aliphatic heterocycles. The van der Waals surface area contributed by atoms with Crippen molar-refractivity contribution in [2.75, 3.05) is 0 Å². The van der Waals surface area contributed by atoms with E-state index in [0.29, 0.717) is 0 Å². The Morgan fingerprint density at radius 2 is 1.33 bits per heavy atom. The van der Waals surface area contributed by atoms with E-state index in [1.54, 1.807) is 11.1 Å². The Bertz CT molecular complexity index is 542. The van der Waals surface area contributed by atoms with Crippen LogP contribution in [0, 0.1) is 23.7 Å². The van der Waals surface area contributed by atoms with Gasteiger partial charge in [0, 0.05) is 0 Å². The fraction of sp³-hybridized carbons (Fsp3) is 0.800.